The van der Waals surface area contributed by atoms with Crippen molar-refractivity contribution in [3.63, 3.8) is 0 Å². The number of aliphatic hydroxyl groups is 1. The summed E-state index contributed by atoms with van der Waals surface area (Å²) in [5.41, 5.74) is 0.768. The highest BCUT2D eigenvalue weighted by atomic mass is 35.5. The second kappa shape index (κ2) is 6.61. The zero-order valence-electron chi connectivity index (χ0n) is 10.5. The molecule has 5 heteroatoms. The van der Waals surface area contributed by atoms with E-state index in [1.165, 1.54) is 4.90 Å². The summed E-state index contributed by atoms with van der Waals surface area (Å²) >= 11 is 6.10. The maximum atomic E-state index is 11.3. The van der Waals surface area contributed by atoms with Gasteiger partial charge in [-0.2, -0.15) is 0 Å². The SMILES string of the molecule is CC[C@@H](c1ccccc1Cl)N(C[C@H](C)O)C(=O)O. The van der Waals surface area contributed by atoms with Crippen LogP contribution in [0.4, 0.5) is 4.79 Å². The van der Waals surface area contributed by atoms with Gasteiger partial charge in [-0.1, -0.05) is 36.7 Å². The molecule has 4 nitrogen and oxygen atoms in total. The van der Waals surface area contributed by atoms with E-state index < -0.39 is 12.2 Å². The van der Waals surface area contributed by atoms with Crippen molar-refractivity contribution in [2.24, 2.45) is 0 Å². The van der Waals surface area contributed by atoms with Crippen molar-refractivity contribution >= 4 is 17.7 Å². The van der Waals surface area contributed by atoms with Gasteiger partial charge < -0.3 is 10.2 Å². The Morgan fingerprint density at radius 3 is 2.50 bits per heavy atom. The molecule has 0 radical (unpaired) electrons. The van der Waals surface area contributed by atoms with Crippen LogP contribution in [0.25, 0.3) is 0 Å². The van der Waals surface area contributed by atoms with Gasteiger partial charge in [0.25, 0.3) is 0 Å². The fourth-order valence-electron chi connectivity index (χ4n) is 1.98. The summed E-state index contributed by atoms with van der Waals surface area (Å²) in [6.45, 7) is 3.53. The van der Waals surface area contributed by atoms with Crippen molar-refractivity contribution in [3.8, 4) is 0 Å². The lowest BCUT2D eigenvalue weighted by atomic mass is 10.0. The topological polar surface area (TPSA) is 60.8 Å². The Bertz CT molecular complexity index is 409. The summed E-state index contributed by atoms with van der Waals surface area (Å²) in [7, 11) is 0. The van der Waals surface area contributed by atoms with Crippen molar-refractivity contribution in [3.05, 3.63) is 34.9 Å². The zero-order valence-corrected chi connectivity index (χ0v) is 11.3. The highest BCUT2D eigenvalue weighted by Gasteiger charge is 2.25. The molecule has 1 rings (SSSR count). The molecule has 1 amide bonds. The lowest BCUT2D eigenvalue weighted by molar-refractivity contribution is 0.0821. The summed E-state index contributed by atoms with van der Waals surface area (Å²) in [5, 5.41) is 19.2. The molecular formula is C13H18ClNO3. The second-order valence-electron chi connectivity index (χ2n) is 4.23. The minimum absolute atomic E-state index is 0.0685. The molecule has 0 fully saturated rings. The third-order valence-electron chi connectivity index (χ3n) is 2.73. The van der Waals surface area contributed by atoms with Gasteiger partial charge in [0.05, 0.1) is 18.7 Å². The van der Waals surface area contributed by atoms with Gasteiger partial charge in [-0.15, -0.1) is 0 Å². The van der Waals surface area contributed by atoms with Crippen LogP contribution >= 0.6 is 11.6 Å². The molecule has 0 spiro atoms. The number of hydrogen-bond donors (Lipinski definition) is 2. The number of halogens is 1. The van der Waals surface area contributed by atoms with Gasteiger partial charge in [-0.25, -0.2) is 4.79 Å². The predicted octanol–water partition coefficient (Wildman–Crippen LogP) is 3.15. The molecule has 0 aliphatic rings. The van der Waals surface area contributed by atoms with E-state index in [2.05, 4.69) is 0 Å². The number of benzene rings is 1. The maximum Gasteiger partial charge on any atom is 0.407 e. The van der Waals surface area contributed by atoms with Crippen LogP contribution in [0.2, 0.25) is 5.02 Å². The van der Waals surface area contributed by atoms with Crippen LogP contribution in [0.3, 0.4) is 0 Å². The summed E-state index contributed by atoms with van der Waals surface area (Å²) in [6, 6.07) is 6.84. The van der Waals surface area contributed by atoms with Gasteiger partial charge in [-0.05, 0) is 25.0 Å². The number of amides is 1. The zero-order chi connectivity index (χ0) is 13.7. The van der Waals surface area contributed by atoms with Crippen molar-refractivity contribution < 1.29 is 15.0 Å². The molecule has 0 aliphatic heterocycles. The first-order chi connectivity index (χ1) is 8.47. The maximum absolute atomic E-state index is 11.3. The molecule has 18 heavy (non-hydrogen) atoms. The summed E-state index contributed by atoms with van der Waals surface area (Å²) in [4.78, 5) is 12.5. The number of hydrogen-bond acceptors (Lipinski definition) is 2. The van der Waals surface area contributed by atoms with Gasteiger partial charge in [-0.3, -0.25) is 4.90 Å². The Morgan fingerprint density at radius 2 is 2.06 bits per heavy atom. The number of rotatable bonds is 5. The highest BCUT2D eigenvalue weighted by molar-refractivity contribution is 6.31. The van der Waals surface area contributed by atoms with Crippen molar-refractivity contribution in [1.29, 1.82) is 0 Å². The molecule has 2 atom stereocenters. The van der Waals surface area contributed by atoms with Crippen molar-refractivity contribution in [2.45, 2.75) is 32.4 Å². The standard InChI is InChI=1S/C13H18ClNO3/c1-3-12(10-6-4-5-7-11(10)14)15(13(17)18)8-9(2)16/h4-7,9,12,16H,3,8H2,1-2H3,(H,17,18)/t9-,12-/m0/s1. The first-order valence-electron chi connectivity index (χ1n) is 5.89. The summed E-state index contributed by atoms with van der Waals surface area (Å²) < 4.78 is 0. The molecule has 0 bridgehead atoms. The van der Waals surface area contributed by atoms with Crippen molar-refractivity contribution in [1.82, 2.24) is 4.90 Å². The molecule has 1 aromatic rings. The monoisotopic (exact) mass is 271 g/mol. The van der Waals surface area contributed by atoms with E-state index in [4.69, 9.17) is 11.6 Å². The Labute approximate surface area is 112 Å². The van der Waals surface area contributed by atoms with Gasteiger partial charge in [0.2, 0.25) is 0 Å². The van der Waals surface area contributed by atoms with Gasteiger partial charge in [0, 0.05) is 5.02 Å². The van der Waals surface area contributed by atoms with Crippen molar-refractivity contribution in [2.75, 3.05) is 6.54 Å². The normalized spacial score (nSPS) is 14.0. The summed E-state index contributed by atoms with van der Waals surface area (Å²) in [5.74, 6) is 0. The molecule has 0 saturated heterocycles. The average molecular weight is 272 g/mol. The first kappa shape index (κ1) is 14.8. The fraction of sp³-hybridized carbons (Fsp3) is 0.462. The first-order valence-corrected chi connectivity index (χ1v) is 6.27. The third kappa shape index (κ3) is 3.62. The summed E-state index contributed by atoms with van der Waals surface area (Å²) in [6.07, 6.45) is -1.16. The molecule has 1 aromatic carbocycles. The van der Waals surface area contributed by atoms with Crippen LogP contribution in [-0.4, -0.2) is 33.9 Å². The number of nitrogens with zero attached hydrogens (tertiary/aromatic N) is 1. The minimum Gasteiger partial charge on any atom is -0.465 e. The van der Waals surface area contributed by atoms with E-state index in [1.54, 1.807) is 19.1 Å². The number of carbonyl (C=O) groups is 1. The van der Waals surface area contributed by atoms with Gasteiger partial charge in [0.15, 0.2) is 0 Å². The van der Waals surface area contributed by atoms with E-state index in [9.17, 15) is 15.0 Å². The van der Waals surface area contributed by atoms with Crippen LogP contribution in [0.15, 0.2) is 24.3 Å². The van der Waals surface area contributed by atoms with Gasteiger partial charge >= 0.3 is 6.09 Å². The molecule has 100 valence electrons. The molecule has 0 aromatic heterocycles. The lowest BCUT2D eigenvalue weighted by Crippen LogP contribution is -2.38. The number of carboxylic acid groups (broad SMARTS) is 1. The lowest BCUT2D eigenvalue weighted by Gasteiger charge is -2.30. The highest BCUT2D eigenvalue weighted by Crippen LogP contribution is 2.30. The Kier molecular flexibility index (Phi) is 5.44. The number of aliphatic hydroxyl groups excluding tert-OH is 1. The van der Waals surface area contributed by atoms with Gasteiger partial charge in [0.1, 0.15) is 0 Å². The molecule has 0 heterocycles. The Hall–Kier alpha value is -1.26. The van der Waals surface area contributed by atoms with E-state index in [1.807, 2.05) is 19.1 Å². The van der Waals surface area contributed by atoms with Crippen LogP contribution in [0, 0.1) is 0 Å². The van der Waals surface area contributed by atoms with Crippen LogP contribution < -0.4 is 0 Å². The Morgan fingerprint density at radius 1 is 1.44 bits per heavy atom. The van der Waals surface area contributed by atoms with E-state index >= 15 is 0 Å². The quantitative estimate of drug-likeness (QED) is 0.865. The second-order valence-corrected chi connectivity index (χ2v) is 4.64. The Balaban J connectivity index is 3.06. The average Bonchev–Trinajstić information content (AvgIpc) is 2.30. The van der Waals surface area contributed by atoms with Crippen LogP contribution in [-0.2, 0) is 0 Å². The van der Waals surface area contributed by atoms with Crippen LogP contribution in [0.5, 0.6) is 0 Å². The third-order valence-corrected chi connectivity index (χ3v) is 3.08. The molecule has 0 unspecified atom stereocenters. The molecular weight excluding hydrogens is 254 g/mol. The predicted molar refractivity (Wildman–Crippen MR) is 70.9 cm³/mol. The largest absolute Gasteiger partial charge is 0.465 e. The van der Waals surface area contributed by atoms with Crippen LogP contribution in [0.1, 0.15) is 31.9 Å². The molecule has 2 N–H and O–H groups in total. The minimum atomic E-state index is -1.05. The van der Waals surface area contributed by atoms with E-state index in [0.717, 1.165) is 5.56 Å². The fourth-order valence-corrected chi connectivity index (χ4v) is 2.24. The van der Waals surface area contributed by atoms with E-state index in [0.29, 0.717) is 11.4 Å². The molecule has 0 saturated carbocycles. The van der Waals surface area contributed by atoms with E-state index in [-0.39, 0.29) is 12.6 Å². The smallest absolute Gasteiger partial charge is 0.407 e. The molecule has 0 aliphatic carbocycles.